The third kappa shape index (κ3) is 1.96. The summed E-state index contributed by atoms with van der Waals surface area (Å²) in [5, 5.41) is 0. The molecule has 1 aliphatic heterocycles. The number of aryl methyl sites for hydroxylation is 2. The van der Waals surface area contributed by atoms with E-state index in [4.69, 9.17) is 5.73 Å². The van der Waals surface area contributed by atoms with Crippen molar-refractivity contribution in [3.63, 3.8) is 0 Å². The Morgan fingerprint density at radius 3 is 2.42 bits per heavy atom. The zero-order valence-corrected chi connectivity index (χ0v) is 11.2. The Hall–Kier alpha value is -1.68. The molecule has 4 nitrogen and oxygen atoms in total. The van der Waals surface area contributed by atoms with Gasteiger partial charge >= 0.3 is 0 Å². The first-order chi connectivity index (χ1) is 8.99. The van der Waals surface area contributed by atoms with E-state index in [-0.39, 0.29) is 29.7 Å². The van der Waals surface area contributed by atoms with Crippen LogP contribution >= 0.6 is 0 Å². The summed E-state index contributed by atoms with van der Waals surface area (Å²) in [6.07, 6.45) is 0.743. The zero-order valence-electron chi connectivity index (χ0n) is 11.2. The summed E-state index contributed by atoms with van der Waals surface area (Å²) in [5.41, 5.74) is 9.50. The maximum atomic E-state index is 11.9. The lowest BCUT2D eigenvalue weighted by Crippen LogP contribution is -2.38. The topological polar surface area (TPSA) is 63.4 Å². The molecule has 2 aliphatic rings. The molecule has 0 bridgehead atoms. The molecule has 100 valence electrons. The number of rotatable bonds is 3. The van der Waals surface area contributed by atoms with Crippen LogP contribution in [0.2, 0.25) is 0 Å². The molecule has 1 heterocycles. The van der Waals surface area contributed by atoms with E-state index in [0.29, 0.717) is 6.54 Å². The number of benzene rings is 1. The number of piperidine rings is 1. The Morgan fingerprint density at radius 2 is 1.84 bits per heavy atom. The lowest BCUT2D eigenvalue weighted by molar-refractivity contribution is -0.141. The Morgan fingerprint density at radius 1 is 1.21 bits per heavy atom. The summed E-state index contributed by atoms with van der Waals surface area (Å²) >= 11 is 0. The van der Waals surface area contributed by atoms with E-state index in [9.17, 15) is 9.59 Å². The van der Waals surface area contributed by atoms with Gasteiger partial charge in [0.2, 0.25) is 11.8 Å². The Bertz CT molecular complexity index is 547. The quantitative estimate of drug-likeness (QED) is 0.831. The fourth-order valence-electron chi connectivity index (χ4n) is 2.73. The maximum absolute atomic E-state index is 11.9. The Balaban J connectivity index is 1.74. The van der Waals surface area contributed by atoms with Gasteiger partial charge in [0, 0.05) is 12.6 Å². The van der Waals surface area contributed by atoms with Crippen molar-refractivity contribution in [1.82, 2.24) is 4.90 Å². The van der Waals surface area contributed by atoms with E-state index in [1.807, 2.05) is 32.0 Å². The van der Waals surface area contributed by atoms with Crippen molar-refractivity contribution in [2.45, 2.75) is 26.3 Å². The molecule has 4 heteroatoms. The van der Waals surface area contributed by atoms with Crippen molar-refractivity contribution < 1.29 is 9.59 Å². The van der Waals surface area contributed by atoms with Gasteiger partial charge in [0.1, 0.15) is 0 Å². The summed E-state index contributed by atoms with van der Waals surface area (Å²) in [6, 6.07) is 5.73. The van der Waals surface area contributed by atoms with Gasteiger partial charge in [-0.2, -0.15) is 0 Å². The standard InChI is InChI=1S/C15H18N2O2/c1-8-3-4-10(5-9(8)2)13(16)7-17-14(18)11-6-12(11)15(17)19/h3-5,11-13H,6-7,16H2,1-2H3. The largest absolute Gasteiger partial charge is 0.322 e. The van der Waals surface area contributed by atoms with Gasteiger partial charge in [0.05, 0.1) is 11.8 Å². The molecule has 3 rings (SSSR count). The van der Waals surface area contributed by atoms with Gasteiger partial charge in [0.25, 0.3) is 0 Å². The lowest BCUT2D eigenvalue weighted by atomic mass is 10.0. The van der Waals surface area contributed by atoms with E-state index in [2.05, 4.69) is 0 Å². The lowest BCUT2D eigenvalue weighted by Gasteiger charge is -2.21. The van der Waals surface area contributed by atoms with Crippen molar-refractivity contribution in [2.24, 2.45) is 17.6 Å². The summed E-state index contributed by atoms with van der Waals surface area (Å²) in [7, 11) is 0. The maximum Gasteiger partial charge on any atom is 0.233 e. The highest BCUT2D eigenvalue weighted by atomic mass is 16.2. The molecule has 19 heavy (non-hydrogen) atoms. The molecule has 0 aromatic heterocycles. The van der Waals surface area contributed by atoms with Crippen molar-refractivity contribution >= 4 is 11.8 Å². The minimum Gasteiger partial charge on any atom is -0.322 e. The fourth-order valence-corrected chi connectivity index (χ4v) is 2.73. The molecule has 1 aromatic rings. The molecule has 1 saturated heterocycles. The van der Waals surface area contributed by atoms with Gasteiger partial charge < -0.3 is 5.73 Å². The van der Waals surface area contributed by atoms with Crippen LogP contribution < -0.4 is 5.73 Å². The molecule has 2 amide bonds. The number of nitrogens with zero attached hydrogens (tertiary/aromatic N) is 1. The summed E-state index contributed by atoms with van der Waals surface area (Å²) < 4.78 is 0. The minimum absolute atomic E-state index is 0.0331. The first kappa shape index (κ1) is 12.4. The van der Waals surface area contributed by atoms with Crippen LogP contribution in [0.3, 0.4) is 0 Å². The minimum atomic E-state index is -0.301. The number of hydrogen-bond donors (Lipinski definition) is 1. The second-order valence-electron chi connectivity index (χ2n) is 5.69. The normalized spacial score (nSPS) is 26.6. The molecule has 0 spiro atoms. The predicted molar refractivity (Wildman–Crippen MR) is 71.2 cm³/mol. The van der Waals surface area contributed by atoms with Crippen LogP contribution in [0, 0.1) is 25.7 Å². The van der Waals surface area contributed by atoms with Crippen LogP contribution in [-0.2, 0) is 9.59 Å². The van der Waals surface area contributed by atoms with E-state index >= 15 is 0 Å². The number of carbonyl (C=O) groups excluding carboxylic acids is 2. The van der Waals surface area contributed by atoms with Gasteiger partial charge in [0.15, 0.2) is 0 Å². The van der Waals surface area contributed by atoms with E-state index in [0.717, 1.165) is 12.0 Å². The average Bonchev–Trinajstić information content (AvgIpc) is 3.13. The van der Waals surface area contributed by atoms with E-state index in [1.165, 1.54) is 16.0 Å². The highest BCUT2D eigenvalue weighted by Crippen LogP contribution is 2.47. The van der Waals surface area contributed by atoms with Gasteiger partial charge in [-0.15, -0.1) is 0 Å². The van der Waals surface area contributed by atoms with Gasteiger partial charge in [-0.1, -0.05) is 18.2 Å². The third-order valence-corrected chi connectivity index (χ3v) is 4.30. The van der Waals surface area contributed by atoms with E-state index in [1.54, 1.807) is 0 Å². The van der Waals surface area contributed by atoms with Gasteiger partial charge in [-0.05, 0) is 37.0 Å². The fraction of sp³-hybridized carbons (Fsp3) is 0.467. The molecule has 1 aromatic carbocycles. The summed E-state index contributed by atoms with van der Waals surface area (Å²) in [6.45, 7) is 4.38. The Kier molecular flexibility index (Phi) is 2.71. The van der Waals surface area contributed by atoms with Gasteiger partial charge in [-0.25, -0.2) is 0 Å². The van der Waals surface area contributed by atoms with E-state index < -0.39 is 0 Å². The molecule has 3 atom stereocenters. The molecule has 1 saturated carbocycles. The van der Waals surface area contributed by atoms with Crippen molar-refractivity contribution in [3.05, 3.63) is 34.9 Å². The summed E-state index contributed by atoms with van der Waals surface area (Å²) in [5.74, 6) is -0.150. The van der Waals surface area contributed by atoms with Crippen molar-refractivity contribution in [2.75, 3.05) is 6.54 Å². The van der Waals surface area contributed by atoms with Crippen LogP contribution in [0.5, 0.6) is 0 Å². The number of nitrogens with two attached hydrogens (primary N) is 1. The van der Waals surface area contributed by atoms with Gasteiger partial charge in [-0.3, -0.25) is 14.5 Å². The molecule has 0 radical (unpaired) electrons. The SMILES string of the molecule is Cc1ccc(C(N)CN2C(=O)C3CC3C2=O)cc1C. The van der Waals surface area contributed by atoms with Crippen LogP contribution in [-0.4, -0.2) is 23.3 Å². The second kappa shape index (κ2) is 4.17. The number of imide groups is 1. The molecule has 2 N–H and O–H groups in total. The number of likely N-dealkylation sites (tertiary alicyclic amines) is 1. The molecule has 2 fully saturated rings. The third-order valence-electron chi connectivity index (χ3n) is 4.30. The van der Waals surface area contributed by atoms with Crippen LogP contribution in [0.4, 0.5) is 0 Å². The summed E-state index contributed by atoms with van der Waals surface area (Å²) in [4.78, 5) is 25.1. The van der Waals surface area contributed by atoms with Crippen LogP contribution in [0.25, 0.3) is 0 Å². The van der Waals surface area contributed by atoms with Crippen molar-refractivity contribution in [1.29, 1.82) is 0 Å². The zero-order chi connectivity index (χ0) is 13.7. The van der Waals surface area contributed by atoms with Crippen LogP contribution in [0.1, 0.15) is 29.2 Å². The van der Waals surface area contributed by atoms with Crippen LogP contribution in [0.15, 0.2) is 18.2 Å². The monoisotopic (exact) mass is 258 g/mol. The smallest absolute Gasteiger partial charge is 0.233 e. The molecule has 3 unspecified atom stereocenters. The first-order valence-corrected chi connectivity index (χ1v) is 6.67. The first-order valence-electron chi connectivity index (χ1n) is 6.67. The number of carbonyl (C=O) groups is 2. The Labute approximate surface area is 112 Å². The number of fused-ring (bicyclic) bond motifs is 1. The number of hydrogen-bond acceptors (Lipinski definition) is 3. The highest BCUT2D eigenvalue weighted by molar-refractivity contribution is 6.08. The van der Waals surface area contributed by atoms with Crippen molar-refractivity contribution in [3.8, 4) is 0 Å². The second-order valence-corrected chi connectivity index (χ2v) is 5.69. The molecule has 1 aliphatic carbocycles. The predicted octanol–water partition coefficient (Wildman–Crippen LogP) is 1.31. The highest BCUT2D eigenvalue weighted by Gasteiger charge is 2.58. The number of amides is 2. The average molecular weight is 258 g/mol. The molecular formula is C15H18N2O2. The molecular weight excluding hydrogens is 240 g/mol.